The van der Waals surface area contributed by atoms with E-state index in [1.54, 1.807) is 42.7 Å². The lowest BCUT2D eigenvalue weighted by atomic mass is 10.2. The van der Waals surface area contributed by atoms with Crippen molar-refractivity contribution in [2.24, 2.45) is 0 Å². The second kappa shape index (κ2) is 7.62. The zero-order chi connectivity index (χ0) is 15.2. The number of hydrogen-bond acceptors (Lipinski definition) is 6. The van der Waals surface area contributed by atoms with E-state index in [1.165, 1.54) is 0 Å². The summed E-state index contributed by atoms with van der Waals surface area (Å²) in [5, 5.41) is 0. The summed E-state index contributed by atoms with van der Waals surface area (Å²) in [6.45, 7) is 0. The molecule has 0 amide bonds. The van der Waals surface area contributed by atoms with E-state index in [9.17, 15) is 0 Å². The normalized spacial score (nSPS) is 23.3. The van der Waals surface area contributed by atoms with Gasteiger partial charge in [-0.1, -0.05) is 24.3 Å². The van der Waals surface area contributed by atoms with Gasteiger partial charge in [0.15, 0.2) is 0 Å². The molecule has 0 bridgehead atoms. The van der Waals surface area contributed by atoms with Gasteiger partial charge >= 0.3 is 17.6 Å². The van der Waals surface area contributed by atoms with E-state index in [0.29, 0.717) is 0 Å². The maximum absolute atomic E-state index is 5.49. The van der Waals surface area contributed by atoms with E-state index in [4.69, 9.17) is 26.6 Å². The monoisotopic (exact) mass is 320 g/mol. The Labute approximate surface area is 123 Å². The van der Waals surface area contributed by atoms with E-state index < -0.39 is 17.6 Å². The Morgan fingerprint density at radius 3 is 0.850 bits per heavy atom. The van der Waals surface area contributed by atoms with E-state index in [-0.39, 0.29) is 11.1 Å². The number of rotatable bonds is 8. The fourth-order valence-corrected chi connectivity index (χ4v) is 6.42. The Kier molecular flexibility index (Phi) is 6.75. The fraction of sp³-hybridized carbons (Fsp3) is 0.667. The van der Waals surface area contributed by atoms with Crippen molar-refractivity contribution in [3.05, 3.63) is 24.3 Å². The molecule has 0 N–H and O–H groups in total. The molecule has 20 heavy (non-hydrogen) atoms. The summed E-state index contributed by atoms with van der Waals surface area (Å²) in [5.74, 6) is 0. The van der Waals surface area contributed by atoms with Crippen LogP contribution in [0.1, 0.15) is 0 Å². The molecule has 0 unspecified atom stereocenters. The molecule has 0 saturated heterocycles. The standard InChI is InChI=1S/C12H24O6Si2/c1-13-19(14-2,15-3)11-7-9-12(10-8-11)20(16-4,17-5)18-6/h7-12H,1-6H3. The highest BCUT2D eigenvalue weighted by Gasteiger charge is 2.49. The molecule has 0 spiro atoms. The summed E-state index contributed by atoms with van der Waals surface area (Å²) in [6, 6.07) is 0. The molecule has 6 nitrogen and oxygen atoms in total. The van der Waals surface area contributed by atoms with Crippen molar-refractivity contribution in [1.82, 2.24) is 0 Å². The number of hydrogen-bond donors (Lipinski definition) is 0. The van der Waals surface area contributed by atoms with Crippen LogP contribution in [0, 0.1) is 0 Å². The Hall–Kier alpha value is -0.326. The third-order valence-corrected chi connectivity index (χ3v) is 9.39. The maximum Gasteiger partial charge on any atom is 0.511 e. The van der Waals surface area contributed by atoms with Gasteiger partial charge in [0.2, 0.25) is 0 Å². The van der Waals surface area contributed by atoms with Gasteiger partial charge in [-0.2, -0.15) is 0 Å². The van der Waals surface area contributed by atoms with E-state index >= 15 is 0 Å². The largest absolute Gasteiger partial charge is 0.511 e. The molecule has 0 saturated carbocycles. The molecule has 0 heterocycles. The van der Waals surface area contributed by atoms with Crippen molar-refractivity contribution in [1.29, 1.82) is 0 Å². The van der Waals surface area contributed by atoms with Crippen LogP contribution in [0.15, 0.2) is 24.3 Å². The summed E-state index contributed by atoms with van der Waals surface area (Å²) in [5.41, 5.74) is -0.0629. The highest BCUT2D eigenvalue weighted by Crippen LogP contribution is 2.36. The lowest BCUT2D eigenvalue weighted by molar-refractivity contribution is 0.117. The molecule has 0 aromatic rings. The number of allylic oxidation sites excluding steroid dienone is 4. The van der Waals surface area contributed by atoms with Gasteiger partial charge in [0, 0.05) is 42.7 Å². The van der Waals surface area contributed by atoms with Gasteiger partial charge in [-0.3, -0.25) is 0 Å². The summed E-state index contributed by atoms with van der Waals surface area (Å²) in [6.07, 6.45) is 8.02. The fourth-order valence-electron chi connectivity index (χ4n) is 2.40. The molecule has 1 aliphatic rings. The second-order valence-electron chi connectivity index (χ2n) is 4.25. The lowest BCUT2D eigenvalue weighted by Gasteiger charge is -2.34. The van der Waals surface area contributed by atoms with Gasteiger partial charge < -0.3 is 26.6 Å². The Balaban J connectivity index is 2.92. The molecular formula is C12H24O6Si2. The molecule has 0 aromatic heterocycles. The van der Waals surface area contributed by atoms with Crippen LogP contribution < -0.4 is 0 Å². The maximum atomic E-state index is 5.49. The predicted molar refractivity (Wildman–Crippen MR) is 79.3 cm³/mol. The first kappa shape index (κ1) is 17.7. The molecule has 116 valence electrons. The van der Waals surface area contributed by atoms with Crippen LogP contribution in [0.2, 0.25) is 11.1 Å². The van der Waals surface area contributed by atoms with E-state index in [0.717, 1.165) is 0 Å². The van der Waals surface area contributed by atoms with Gasteiger partial charge in [-0.15, -0.1) is 0 Å². The van der Waals surface area contributed by atoms with Crippen molar-refractivity contribution < 1.29 is 26.6 Å². The van der Waals surface area contributed by atoms with Crippen LogP contribution >= 0.6 is 0 Å². The van der Waals surface area contributed by atoms with E-state index in [1.807, 2.05) is 24.3 Å². The summed E-state index contributed by atoms with van der Waals surface area (Å²) in [4.78, 5) is 0. The minimum atomic E-state index is -2.72. The highest BCUT2D eigenvalue weighted by atomic mass is 28.4. The molecule has 0 fully saturated rings. The molecule has 0 aromatic carbocycles. The smallest absolute Gasteiger partial charge is 0.376 e. The molecule has 0 aliphatic heterocycles. The molecular weight excluding hydrogens is 296 g/mol. The highest BCUT2D eigenvalue weighted by molar-refractivity contribution is 6.65. The van der Waals surface area contributed by atoms with Crippen molar-refractivity contribution in [2.45, 2.75) is 11.1 Å². The van der Waals surface area contributed by atoms with Gasteiger partial charge in [0.1, 0.15) is 0 Å². The Morgan fingerprint density at radius 1 is 0.500 bits per heavy atom. The van der Waals surface area contributed by atoms with Gasteiger partial charge in [-0.25, -0.2) is 0 Å². The molecule has 0 atom stereocenters. The van der Waals surface area contributed by atoms with Crippen molar-refractivity contribution in [2.75, 3.05) is 42.7 Å². The molecule has 1 aliphatic carbocycles. The first-order valence-electron chi connectivity index (χ1n) is 6.25. The topological polar surface area (TPSA) is 55.4 Å². The average Bonchev–Trinajstić information content (AvgIpc) is 2.53. The summed E-state index contributed by atoms with van der Waals surface area (Å²) >= 11 is 0. The zero-order valence-corrected chi connectivity index (χ0v) is 14.9. The second-order valence-corrected chi connectivity index (χ2v) is 10.5. The minimum Gasteiger partial charge on any atom is -0.376 e. The predicted octanol–water partition coefficient (Wildman–Crippen LogP) is 1.61. The van der Waals surface area contributed by atoms with Gasteiger partial charge in [0.05, 0.1) is 11.1 Å². The first-order valence-corrected chi connectivity index (χ1v) is 9.86. The van der Waals surface area contributed by atoms with Crippen molar-refractivity contribution in [3.63, 3.8) is 0 Å². The van der Waals surface area contributed by atoms with Gasteiger partial charge in [-0.05, 0) is 0 Å². The van der Waals surface area contributed by atoms with Crippen LogP contribution in [0.3, 0.4) is 0 Å². The third-order valence-electron chi connectivity index (χ3n) is 3.58. The van der Waals surface area contributed by atoms with Crippen LogP contribution in [-0.4, -0.2) is 60.3 Å². The first-order chi connectivity index (χ1) is 9.57. The average molecular weight is 320 g/mol. The lowest BCUT2D eigenvalue weighted by Crippen LogP contribution is -2.49. The van der Waals surface area contributed by atoms with Crippen molar-refractivity contribution >= 4 is 17.6 Å². The van der Waals surface area contributed by atoms with Crippen LogP contribution in [0.25, 0.3) is 0 Å². The SMILES string of the molecule is CO[Si](OC)(OC)C1C=CC([Si](OC)(OC)OC)C=C1. The Morgan fingerprint density at radius 2 is 0.700 bits per heavy atom. The molecule has 8 heteroatoms. The van der Waals surface area contributed by atoms with Crippen LogP contribution in [0.4, 0.5) is 0 Å². The molecule has 0 radical (unpaired) electrons. The summed E-state index contributed by atoms with van der Waals surface area (Å²) in [7, 11) is 4.18. The quantitative estimate of drug-likeness (QED) is 0.500. The molecule has 1 rings (SSSR count). The Bertz CT molecular complexity index is 289. The third kappa shape index (κ3) is 3.12. The van der Waals surface area contributed by atoms with E-state index in [2.05, 4.69) is 0 Å². The van der Waals surface area contributed by atoms with Crippen molar-refractivity contribution in [3.8, 4) is 0 Å². The zero-order valence-electron chi connectivity index (χ0n) is 12.9. The van der Waals surface area contributed by atoms with Crippen LogP contribution in [0.5, 0.6) is 0 Å². The minimum absolute atomic E-state index is 0.0315. The van der Waals surface area contributed by atoms with Crippen LogP contribution in [-0.2, 0) is 26.6 Å². The van der Waals surface area contributed by atoms with Gasteiger partial charge in [0.25, 0.3) is 0 Å². The summed E-state index contributed by atoms with van der Waals surface area (Å²) < 4.78 is 32.9.